The highest BCUT2D eigenvalue weighted by Crippen LogP contribution is 2.35. The van der Waals surface area contributed by atoms with E-state index in [1.165, 1.54) is 39.7 Å². The second kappa shape index (κ2) is 20.2. The van der Waals surface area contributed by atoms with Crippen LogP contribution in [0.3, 0.4) is 0 Å². The number of pyridine rings is 5. The van der Waals surface area contributed by atoms with E-state index in [0.717, 1.165) is 5.56 Å². The second-order valence-corrected chi connectivity index (χ2v) is 15.9. The zero-order valence-corrected chi connectivity index (χ0v) is 37.5. The van der Waals surface area contributed by atoms with E-state index in [0.29, 0.717) is 72.3 Å². The number of benzene rings is 1. The maximum Gasteiger partial charge on any atom is 0.339 e. The van der Waals surface area contributed by atoms with Crippen molar-refractivity contribution in [2.45, 2.75) is 65.8 Å². The summed E-state index contributed by atoms with van der Waals surface area (Å²) in [7, 11) is 3.13. The molecule has 22 heteroatoms. The van der Waals surface area contributed by atoms with Crippen LogP contribution in [0.2, 0.25) is 0 Å². The number of aliphatic hydroxyl groups is 1. The third-order valence-electron chi connectivity index (χ3n) is 12.1. The van der Waals surface area contributed by atoms with Gasteiger partial charge >= 0.3 is 5.97 Å². The van der Waals surface area contributed by atoms with Gasteiger partial charge in [-0.2, -0.15) is 0 Å². The van der Waals surface area contributed by atoms with Gasteiger partial charge < -0.3 is 56.4 Å². The number of aromatic nitrogens is 5. The number of fused-ring (bicyclic) bond motifs is 5. The Morgan fingerprint density at radius 1 is 0.942 bits per heavy atom. The first kappa shape index (κ1) is 52.2. The lowest BCUT2D eigenvalue weighted by Gasteiger charge is -2.35. The Morgan fingerprint density at radius 3 is 2.30 bits per heavy atom. The van der Waals surface area contributed by atoms with Crippen LogP contribution in [0.15, 0.2) is 75.8 Å². The summed E-state index contributed by atoms with van der Waals surface area (Å²) in [4.78, 5) is 88.5. The summed E-state index contributed by atoms with van der Waals surface area (Å²) in [6.07, 6.45) is 4.94. The first-order valence-corrected chi connectivity index (χ1v) is 20.7. The summed E-state index contributed by atoms with van der Waals surface area (Å²) < 4.78 is 18.9. The molecule has 1 unspecified atom stereocenters. The Bertz CT molecular complexity index is 3220. The van der Waals surface area contributed by atoms with Crippen molar-refractivity contribution in [2.24, 2.45) is 0 Å². The van der Waals surface area contributed by atoms with Gasteiger partial charge in [0.15, 0.2) is 5.43 Å². The Kier molecular flexibility index (Phi) is 15.3. The predicted molar refractivity (Wildman–Crippen MR) is 264 cm³/mol. The van der Waals surface area contributed by atoms with Crippen LogP contribution in [0.5, 0.6) is 11.5 Å². The maximum absolute atomic E-state index is 13.7. The van der Waals surface area contributed by atoms with Gasteiger partial charge in [0.1, 0.15) is 62.6 Å². The summed E-state index contributed by atoms with van der Waals surface area (Å²) in [5.41, 5.74) is 4.97. The number of aryl methyl sites for hydroxylation is 2. The van der Waals surface area contributed by atoms with Crippen molar-refractivity contribution in [2.75, 3.05) is 50.4 Å². The molecule has 1 spiro atoms. The number of ether oxygens (including phenoxy) is 3. The van der Waals surface area contributed by atoms with E-state index >= 15 is 0 Å². The Labute approximate surface area is 401 Å². The van der Waals surface area contributed by atoms with Crippen LogP contribution in [-0.4, -0.2) is 86.1 Å². The molecule has 3 aliphatic rings. The number of nitrogens with two attached hydrogens (primary N) is 1. The van der Waals surface area contributed by atoms with Gasteiger partial charge in [-0.05, 0) is 49.2 Å². The number of rotatable bonds is 11. The molecule has 1 saturated heterocycles. The standard InChI is InChI=1S/C27H29N5O7.C18H17N5O4.2CH4.ClH/c1-15-10-20(25(34)32-23(15)24(33)31-27(32)6-8-39-9-7-27)30-19-12-22(29-14-18(19)26(35)36)28-13-16-4-5-17(37-2)11-21(16)38-3;1-3-18(4-5-24)22-16(26)14-8(2)12-13(17(27)23(14)18)21-10-6-11(19)20-7-9(10)15(12)25;;;/h4-5,10-12,14H,6-9,13H2,1-3H3,(H,31,33)(H,35,36)(H2,28,29,30);3,6-7,24H,1,4-5H2,2H3,(H2,19,20)(H,21,25)(H,22,26);2*1H4;1H. The molecule has 366 valence electrons. The fourth-order valence-corrected chi connectivity index (χ4v) is 8.83. The van der Waals surface area contributed by atoms with Crippen molar-refractivity contribution in [3.63, 3.8) is 0 Å². The van der Waals surface area contributed by atoms with Gasteiger partial charge in [-0.15, -0.1) is 12.4 Å². The van der Waals surface area contributed by atoms with Gasteiger partial charge in [-0.1, -0.05) is 21.4 Å². The lowest BCUT2D eigenvalue weighted by molar-refractivity contribution is 0.0120. The number of aromatic carboxylic acids is 1. The van der Waals surface area contributed by atoms with Crippen molar-refractivity contribution in [3.05, 3.63) is 126 Å². The number of carboxylic acids is 1. The number of carbonyl (C=O) groups is 3. The summed E-state index contributed by atoms with van der Waals surface area (Å²) >= 11 is 0. The molecule has 3 aliphatic heterocycles. The SMILES string of the molecule is C.C.C=CC1(CCO)NC(=O)c2c(C)c3c(=O)c4cnc(N)cc4[nH]c3c(=O)n21.COc1ccc(CNc2cc(Nc3cc(C)c4n(c3=O)C3(CCOCC3)NC4=O)c(C(=O)O)cn2)c(OC)c1.Cl. The predicted octanol–water partition coefficient (Wildman–Crippen LogP) is 4.62. The number of nitrogen functional groups attached to an aromatic ring is 1. The zero-order valence-electron chi connectivity index (χ0n) is 36.7. The first-order chi connectivity index (χ1) is 31.6. The number of H-pyrrole nitrogens is 1. The van der Waals surface area contributed by atoms with Crippen molar-refractivity contribution < 1.29 is 38.8 Å². The molecule has 0 bridgehead atoms. The molecular weight excluding hydrogens is 916 g/mol. The monoisotopic (exact) mass is 970 g/mol. The highest BCUT2D eigenvalue weighted by atomic mass is 35.5. The van der Waals surface area contributed by atoms with Crippen LogP contribution >= 0.6 is 12.4 Å². The minimum absolute atomic E-state index is 0. The number of nitrogens with zero attached hydrogens (tertiary/aromatic N) is 4. The largest absolute Gasteiger partial charge is 0.497 e. The maximum atomic E-state index is 13.7. The lowest BCUT2D eigenvalue weighted by atomic mass is 10.0. The molecule has 0 radical (unpaired) electrons. The van der Waals surface area contributed by atoms with Crippen LogP contribution in [0, 0.1) is 13.8 Å². The van der Waals surface area contributed by atoms with Gasteiger partial charge in [-0.25, -0.2) is 14.8 Å². The highest BCUT2D eigenvalue weighted by molar-refractivity contribution is 6.03. The van der Waals surface area contributed by atoms with E-state index in [-0.39, 0.29) is 90.9 Å². The van der Waals surface area contributed by atoms with Crippen molar-refractivity contribution in [1.82, 2.24) is 34.7 Å². The van der Waals surface area contributed by atoms with Crippen molar-refractivity contribution >= 4 is 75.0 Å². The number of aromatic amines is 1. The molecule has 69 heavy (non-hydrogen) atoms. The molecule has 21 nitrogen and oxygen atoms in total. The molecule has 9 rings (SSSR count). The Balaban J connectivity index is 0.000000261. The average Bonchev–Trinajstić information content (AvgIpc) is 3.76. The molecule has 8 heterocycles. The number of methoxy groups -OCH3 is 2. The topological polar surface area (TPSA) is 296 Å². The van der Waals surface area contributed by atoms with E-state index in [1.807, 2.05) is 12.1 Å². The fourth-order valence-electron chi connectivity index (χ4n) is 8.83. The highest BCUT2D eigenvalue weighted by Gasteiger charge is 2.46. The normalized spacial score (nSPS) is 16.0. The molecule has 0 saturated carbocycles. The van der Waals surface area contributed by atoms with Crippen molar-refractivity contribution in [1.29, 1.82) is 0 Å². The number of nitrogens with one attached hydrogen (secondary N) is 5. The van der Waals surface area contributed by atoms with Gasteiger partial charge in [0.25, 0.3) is 22.9 Å². The molecule has 0 aliphatic carbocycles. The molecule has 1 atom stereocenters. The van der Waals surface area contributed by atoms with Crippen LogP contribution < -0.4 is 53.0 Å². The molecule has 1 fully saturated rings. The lowest BCUT2D eigenvalue weighted by Crippen LogP contribution is -2.51. The summed E-state index contributed by atoms with van der Waals surface area (Å²) in [5.74, 6) is -0.160. The van der Waals surface area contributed by atoms with Gasteiger partial charge in [0.2, 0.25) is 0 Å². The molecule has 9 N–H and O–H groups in total. The first-order valence-electron chi connectivity index (χ1n) is 20.7. The number of carboxylic acid groups (broad SMARTS) is 1. The van der Waals surface area contributed by atoms with Crippen LogP contribution in [0.1, 0.15) is 82.1 Å². The van der Waals surface area contributed by atoms with E-state index in [2.05, 4.69) is 42.8 Å². The molecule has 2 amide bonds. The fraction of sp³-hybridized carbons (Fsp3) is 0.319. The van der Waals surface area contributed by atoms with E-state index in [1.54, 1.807) is 40.2 Å². The number of carbonyl (C=O) groups excluding carboxylic acids is 2. The summed E-state index contributed by atoms with van der Waals surface area (Å²) in [6, 6.07) is 9.99. The second-order valence-electron chi connectivity index (χ2n) is 15.9. The number of anilines is 4. The van der Waals surface area contributed by atoms with Crippen LogP contribution in [0.4, 0.5) is 23.0 Å². The zero-order chi connectivity index (χ0) is 47.2. The number of hydrogen-bond acceptors (Lipinski definition) is 15. The van der Waals surface area contributed by atoms with Crippen molar-refractivity contribution in [3.8, 4) is 11.5 Å². The number of hydrogen-bond donors (Lipinski definition) is 8. The van der Waals surface area contributed by atoms with Crippen LogP contribution in [0.25, 0.3) is 21.8 Å². The van der Waals surface area contributed by atoms with E-state index in [4.69, 9.17) is 19.9 Å². The third-order valence-corrected chi connectivity index (χ3v) is 12.1. The minimum atomic E-state index is -1.26. The number of amides is 2. The van der Waals surface area contributed by atoms with E-state index in [9.17, 15) is 39.0 Å². The van der Waals surface area contributed by atoms with Gasteiger partial charge in [0.05, 0.1) is 49.4 Å². The minimum Gasteiger partial charge on any atom is -0.497 e. The molecule has 1 aromatic carbocycles. The number of aliphatic hydroxyl groups excluding tert-OH is 1. The van der Waals surface area contributed by atoms with Crippen LogP contribution in [-0.2, 0) is 22.6 Å². The molecule has 6 aromatic rings. The van der Waals surface area contributed by atoms with E-state index < -0.39 is 39.7 Å². The summed E-state index contributed by atoms with van der Waals surface area (Å²) in [6.45, 7) is 7.95. The average molecular weight is 971 g/mol. The Hall–Kier alpha value is -7.75. The quantitative estimate of drug-likeness (QED) is 0.0649. The molecular formula is C47H55ClN10O11. The summed E-state index contributed by atoms with van der Waals surface area (Å²) in [5, 5.41) is 31.5. The van der Waals surface area contributed by atoms with Gasteiger partial charge in [-0.3, -0.25) is 33.1 Å². The van der Waals surface area contributed by atoms with Gasteiger partial charge in [0, 0.05) is 68.6 Å². The third kappa shape index (κ3) is 8.94. The Morgan fingerprint density at radius 2 is 1.65 bits per heavy atom. The number of halogens is 1. The smallest absolute Gasteiger partial charge is 0.339 e. The molecule has 5 aromatic heterocycles.